The van der Waals surface area contributed by atoms with Crippen molar-refractivity contribution in [1.82, 2.24) is 23.9 Å². The van der Waals surface area contributed by atoms with E-state index in [4.69, 9.17) is 10.2 Å². The van der Waals surface area contributed by atoms with Crippen LogP contribution in [0.2, 0.25) is 0 Å². The Morgan fingerprint density at radius 3 is 0.884 bits per heavy atom. The number of benzene rings is 16. The van der Waals surface area contributed by atoms with E-state index in [1.54, 1.807) is 0 Å². The maximum Gasteiger partial charge on any atom is 0.0942 e. The number of nitrogens with zero attached hydrogens (tertiary/aromatic N) is 5. The van der Waals surface area contributed by atoms with Gasteiger partial charge in [0.2, 0.25) is 0 Å². The van der Waals surface area contributed by atoms with Gasteiger partial charge in [0.05, 0.1) is 44.8 Å². The highest BCUT2D eigenvalue weighted by Gasteiger charge is 2.38. The van der Waals surface area contributed by atoms with E-state index in [0.29, 0.717) is 0 Å². The number of hydrogen-bond acceptors (Lipinski definition) is 2. The quantitative estimate of drug-likeness (QED) is 0.144. The lowest BCUT2D eigenvalue weighted by molar-refractivity contribution is 0.660. The molecule has 4 heterocycles. The molecule has 0 aliphatic heterocycles. The summed E-state index contributed by atoms with van der Waals surface area (Å²) in [5, 5.41) is 18.2. The monoisotopic (exact) mass is 1430 g/mol. The third-order valence-corrected chi connectivity index (χ3v) is 25.8. The molecular formula is C107H75N5. The van der Waals surface area contributed by atoms with Crippen LogP contribution in [0.25, 0.3) is 194 Å². The molecule has 0 saturated carbocycles. The predicted octanol–water partition coefficient (Wildman–Crippen LogP) is 27.8. The van der Waals surface area contributed by atoms with Gasteiger partial charge in [0.25, 0.3) is 0 Å². The second-order valence-electron chi connectivity index (χ2n) is 32.9. The third-order valence-electron chi connectivity index (χ3n) is 25.8. The molecule has 3 aliphatic carbocycles. The SMILES string of the molecule is CC1(C)c2ccccc2-c2cc(-c3ccc4c(c3)c3ccccc3n4-c3cccc(-c4cc5nncc(-c6cccc(-n7c8ccccc8c8cc(-c9ccc%10c(c9)-c9ccccc9C%10(C)C)ccc87)c6)c5cc4-c4cccc(-n5c6ccccc6c6cc(-c7ccc8c(c7)-c7ccccc7C8(C)C)ccc65)c4)c3)ccc21. The van der Waals surface area contributed by atoms with Crippen molar-refractivity contribution in [3.63, 3.8) is 0 Å². The predicted molar refractivity (Wildman–Crippen MR) is 468 cm³/mol. The van der Waals surface area contributed by atoms with Crippen LogP contribution in [-0.4, -0.2) is 23.9 Å². The molecule has 5 heteroatoms. The molecule has 23 rings (SSSR count). The molecule has 0 spiro atoms. The molecule has 0 N–H and O–H groups in total. The van der Waals surface area contributed by atoms with E-state index in [2.05, 4.69) is 395 Å². The molecule has 4 aromatic heterocycles. The molecule has 0 unspecified atom stereocenters. The highest BCUT2D eigenvalue weighted by Crippen LogP contribution is 2.54. The zero-order valence-electron chi connectivity index (χ0n) is 63.1. The van der Waals surface area contributed by atoms with Crippen molar-refractivity contribution < 1.29 is 0 Å². The molecule has 0 atom stereocenters. The van der Waals surface area contributed by atoms with Crippen molar-refractivity contribution in [2.45, 2.75) is 57.8 Å². The van der Waals surface area contributed by atoms with E-state index in [0.717, 1.165) is 94.4 Å². The first-order valence-corrected chi connectivity index (χ1v) is 39.2. The van der Waals surface area contributed by atoms with E-state index in [9.17, 15) is 0 Å². The summed E-state index contributed by atoms with van der Waals surface area (Å²) in [7, 11) is 0. The van der Waals surface area contributed by atoms with Gasteiger partial charge in [-0.2, -0.15) is 10.2 Å². The van der Waals surface area contributed by atoms with Crippen LogP contribution in [0.15, 0.2) is 346 Å². The minimum Gasteiger partial charge on any atom is -0.309 e. The van der Waals surface area contributed by atoms with Gasteiger partial charge in [-0.15, -0.1) is 0 Å². The summed E-state index contributed by atoms with van der Waals surface area (Å²) >= 11 is 0. The van der Waals surface area contributed by atoms with Gasteiger partial charge < -0.3 is 13.7 Å². The molecule has 528 valence electrons. The van der Waals surface area contributed by atoms with E-state index >= 15 is 0 Å². The van der Waals surface area contributed by atoms with Crippen molar-refractivity contribution in [3.05, 3.63) is 379 Å². The Morgan fingerprint density at radius 1 is 0.196 bits per heavy atom. The van der Waals surface area contributed by atoms with Gasteiger partial charge in [-0.05, 0) is 249 Å². The Kier molecular flexibility index (Phi) is 13.6. The molecule has 5 nitrogen and oxygen atoms in total. The Labute approximate surface area is 650 Å². The van der Waals surface area contributed by atoms with Gasteiger partial charge in [0, 0.05) is 76.6 Å². The topological polar surface area (TPSA) is 40.6 Å². The van der Waals surface area contributed by atoms with Crippen LogP contribution in [0.1, 0.15) is 74.9 Å². The second-order valence-corrected chi connectivity index (χ2v) is 32.9. The van der Waals surface area contributed by atoms with Crippen LogP contribution in [0, 0.1) is 0 Å². The summed E-state index contributed by atoms with van der Waals surface area (Å²) in [5.41, 5.74) is 40.6. The first-order chi connectivity index (χ1) is 54.8. The lowest BCUT2D eigenvalue weighted by Gasteiger charge is -2.21. The maximum atomic E-state index is 5.06. The molecule has 0 bridgehead atoms. The maximum absolute atomic E-state index is 5.06. The fourth-order valence-corrected chi connectivity index (χ4v) is 20.2. The van der Waals surface area contributed by atoms with Crippen LogP contribution in [-0.2, 0) is 16.2 Å². The van der Waals surface area contributed by atoms with Crippen molar-refractivity contribution >= 4 is 76.3 Å². The molecule has 3 aliphatic rings. The van der Waals surface area contributed by atoms with E-state index in [-0.39, 0.29) is 16.2 Å². The smallest absolute Gasteiger partial charge is 0.0942 e. The average molecular weight is 1430 g/mol. The normalized spacial score (nSPS) is 14.0. The van der Waals surface area contributed by atoms with Gasteiger partial charge in [-0.1, -0.05) is 260 Å². The molecule has 112 heavy (non-hydrogen) atoms. The summed E-state index contributed by atoms with van der Waals surface area (Å²) in [4.78, 5) is 0. The van der Waals surface area contributed by atoms with Gasteiger partial charge in [-0.3, -0.25) is 0 Å². The molecule has 0 saturated heterocycles. The van der Waals surface area contributed by atoms with Gasteiger partial charge >= 0.3 is 0 Å². The summed E-state index contributed by atoms with van der Waals surface area (Å²) in [6.07, 6.45) is 1.96. The molecule has 0 radical (unpaired) electrons. The summed E-state index contributed by atoms with van der Waals surface area (Å²) < 4.78 is 7.35. The van der Waals surface area contributed by atoms with Gasteiger partial charge in [0.1, 0.15) is 0 Å². The van der Waals surface area contributed by atoms with Crippen LogP contribution in [0.4, 0.5) is 0 Å². The standard InChI is InChI=1S/C107H75N5/c1-105(2)92-34-13-7-28-76(92)84-55-64(40-46-95(84)105)67-43-49-102-88(58-67)79-31-10-16-37-99(79)110(102)73-25-19-22-70(52-73)82-61-87-91(72-24-21-27-75(54-72)112-101-39-18-12-33-81(101)90-60-69(45-51-104(90)112)66-42-48-97-86(57-66)78-30-9-15-36-94(78)107(97,5)6)63-108-109-98(87)62-83(82)71-23-20-26-74(53-71)111-100-38-17-11-32-80(100)89-59-68(44-50-103(89)111)65-41-47-96-85(56-65)77-29-8-14-35-93(77)106(96,3)4/h7-63H,1-6H3. The minimum absolute atomic E-state index is 0.0566. The van der Waals surface area contributed by atoms with Crippen molar-refractivity contribution in [2.24, 2.45) is 0 Å². The summed E-state index contributed by atoms with van der Waals surface area (Å²) in [5.74, 6) is 0. The lowest BCUT2D eigenvalue weighted by Crippen LogP contribution is -2.14. The Balaban J connectivity index is 0.672. The molecule has 16 aromatic carbocycles. The van der Waals surface area contributed by atoms with Crippen LogP contribution < -0.4 is 0 Å². The fourth-order valence-electron chi connectivity index (χ4n) is 20.2. The van der Waals surface area contributed by atoms with Crippen molar-refractivity contribution in [2.75, 3.05) is 0 Å². The zero-order valence-corrected chi connectivity index (χ0v) is 63.1. The first kappa shape index (κ1) is 64.3. The van der Waals surface area contributed by atoms with Crippen LogP contribution in [0.3, 0.4) is 0 Å². The minimum atomic E-state index is -0.0636. The highest BCUT2D eigenvalue weighted by molar-refractivity contribution is 6.14. The number of hydrogen-bond donors (Lipinski definition) is 0. The van der Waals surface area contributed by atoms with Crippen molar-refractivity contribution in [1.29, 1.82) is 0 Å². The molecule has 0 amide bonds. The Hall–Kier alpha value is -13.7. The van der Waals surface area contributed by atoms with E-state index < -0.39 is 0 Å². The Morgan fingerprint density at radius 2 is 0.500 bits per heavy atom. The van der Waals surface area contributed by atoms with Gasteiger partial charge in [-0.25, -0.2) is 0 Å². The van der Waals surface area contributed by atoms with Crippen LogP contribution >= 0.6 is 0 Å². The number of fused-ring (bicyclic) bond motifs is 19. The molecular weight excluding hydrogens is 1360 g/mol. The second kappa shape index (κ2) is 23.6. The zero-order chi connectivity index (χ0) is 74.6. The van der Waals surface area contributed by atoms with E-state index in [1.807, 2.05) is 6.20 Å². The highest BCUT2D eigenvalue weighted by atomic mass is 15.1. The number of para-hydroxylation sites is 3. The summed E-state index contributed by atoms with van der Waals surface area (Å²) in [6, 6.07) is 128. The fraction of sp³-hybridized carbons (Fsp3) is 0.0841. The van der Waals surface area contributed by atoms with Crippen LogP contribution in [0.5, 0.6) is 0 Å². The number of aromatic nitrogens is 5. The summed E-state index contributed by atoms with van der Waals surface area (Å²) in [6.45, 7) is 14.1. The average Bonchev–Trinajstić information content (AvgIpc) is 1.53. The first-order valence-electron chi connectivity index (χ1n) is 39.2. The van der Waals surface area contributed by atoms with E-state index in [1.165, 1.54) is 132 Å². The molecule has 20 aromatic rings. The van der Waals surface area contributed by atoms with Crippen molar-refractivity contribution in [3.8, 4) is 117 Å². The Bertz CT molecular complexity index is 7490. The number of rotatable bonds is 9. The van der Waals surface area contributed by atoms with Gasteiger partial charge in [0.15, 0.2) is 0 Å². The molecule has 0 fully saturated rings. The lowest BCUT2D eigenvalue weighted by atomic mass is 9.82. The third kappa shape index (κ3) is 9.31. The largest absolute Gasteiger partial charge is 0.309 e.